The van der Waals surface area contributed by atoms with E-state index in [0.29, 0.717) is 11.1 Å². The lowest BCUT2D eigenvalue weighted by atomic mass is 10.2. The summed E-state index contributed by atoms with van der Waals surface area (Å²) >= 11 is 0.877. The maximum Gasteiger partial charge on any atom is 0.325 e. The van der Waals surface area contributed by atoms with E-state index >= 15 is 0 Å². The molecule has 2 atom stereocenters. The van der Waals surface area contributed by atoms with E-state index in [0.717, 1.165) is 11.8 Å². The lowest BCUT2D eigenvalue weighted by Crippen LogP contribution is -2.52. The van der Waals surface area contributed by atoms with Gasteiger partial charge in [-0.05, 0) is 19.1 Å². The van der Waals surface area contributed by atoms with E-state index in [1.807, 2.05) is 0 Å². The summed E-state index contributed by atoms with van der Waals surface area (Å²) < 4.78 is 0. The SMILES string of the molecule is C[C@@H](NC(=O)C(CSC(=O)c1ccccc1)NC(=O)c1ccccc1)C(=O)O. The molecule has 0 saturated carbocycles. The zero-order valence-electron chi connectivity index (χ0n) is 15.1. The van der Waals surface area contributed by atoms with Crippen LogP contribution in [0.25, 0.3) is 0 Å². The minimum atomic E-state index is -1.20. The fourth-order valence-corrected chi connectivity index (χ4v) is 3.06. The van der Waals surface area contributed by atoms with Gasteiger partial charge in [0.2, 0.25) is 11.0 Å². The molecule has 2 aromatic carbocycles. The van der Waals surface area contributed by atoms with E-state index in [4.69, 9.17) is 5.11 Å². The van der Waals surface area contributed by atoms with E-state index < -0.39 is 29.9 Å². The lowest BCUT2D eigenvalue weighted by Gasteiger charge is -2.19. The molecule has 0 saturated heterocycles. The Hall–Kier alpha value is -3.13. The maximum atomic E-state index is 12.5. The Morgan fingerprint density at radius 2 is 1.43 bits per heavy atom. The smallest absolute Gasteiger partial charge is 0.325 e. The number of carboxylic acid groups (broad SMARTS) is 1. The number of carboxylic acids is 1. The maximum absolute atomic E-state index is 12.5. The predicted octanol–water partition coefficient (Wildman–Crippen LogP) is 1.95. The summed E-state index contributed by atoms with van der Waals surface area (Å²) in [5.74, 6) is -2.40. The Bertz CT molecular complexity index is 842. The first-order valence-corrected chi connectivity index (χ1v) is 9.48. The van der Waals surface area contributed by atoms with E-state index in [2.05, 4.69) is 10.6 Å². The molecule has 146 valence electrons. The van der Waals surface area contributed by atoms with Gasteiger partial charge in [0.25, 0.3) is 5.91 Å². The molecule has 2 aromatic rings. The number of carbonyl (C=O) groups is 4. The zero-order chi connectivity index (χ0) is 20.5. The van der Waals surface area contributed by atoms with Gasteiger partial charge >= 0.3 is 5.97 Å². The topological polar surface area (TPSA) is 113 Å². The van der Waals surface area contributed by atoms with E-state index in [1.54, 1.807) is 60.7 Å². The highest BCUT2D eigenvalue weighted by Gasteiger charge is 2.25. The van der Waals surface area contributed by atoms with Crippen LogP contribution in [-0.2, 0) is 9.59 Å². The van der Waals surface area contributed by atoms with Crippen LogP contribution in [0.2, 0.25) is 0 Å². The molecule has 7 nitrogen and oxygen atoms in total. The van der Waals surface area contributed by atoms with Gasteiger partial charge in [-0.25, -0.2) is 0 Å². The Morgan fingerprint density at radius 3 is 1.96 bits per heavy atom. The molecule has 28 heavy (non-hydrogen) atoms. The second-order valence-electron chi connectivity index (χ2n) is 5.93. The average Bonchev–Trinajstić information content (AvgIpc) is 2.71. The summed E-state index contributed by atoms with van der Waals surface area (Å²) in [6.07, 6.45) is 0. The molecule has 0 aromatic heterocycles. The normalized spacial score (nSPS) is 12.5. The van der Waals surface area contributed by atoms with Gasteiger partial charge in [0.15, 0.2) is 0 Å². The first kappa shape index (κ1) is 21.2. The van der Waals surface area contributed by atoms with Crippen molar-refractivity contribution in [2.24, 2.45) is 0 Å². The van der Waals surface area contributed by atoms with Gasteiger partial charge in [-0.3, -0.25) is 19.2 Å². The molecule has 8 heteroatoms. The minimum Gasteiger partial charge on any atom is -0.480 e. The molecular weight excluding hydrogens is 380 g/mol. The Labute approximate surface area is 166 Å². The van der Waals surface area contributed by atoms with Gasteiger partial charge in [-0.2, -0.15) is 0 Å². The molecule has 0 spiro atoms. The first-order chi connectivity index (χ1) is 13.4. The van der Waals surface area contributed by atoms with Gasteiger partial charge < -0.3 is 15.7 Å². The Morgan fingerprint density at radius 1 is 0.893 bits per heavy atom. The summed E-state index contributed by atoms with van der Waals surface area (Å²) in [6.45, 7) is 1.32. The van der Waals surface area contributed by atoms with E-state index in [-0.39, 0.29) is 10.9 Å². The highest BCUT2D eigenvalue weighted by Crippen LogP contribution is 2.14. The third kappa shape index (κ3) is 6.24. The van der Waals surface area contributed by atoms with Gasteiger partial charge in [0.1, 0.15) is 12.1 Å². The second-order valence-corrected chi connectivity index (χ2v) is 6.92. The number of rotatable bonds is 8. The van der Waals surface area contributed by atoms with Gasteiger partial charge in [-0.1, -0.05) is 60.3 Å². The molecule has 0 aliphatic carbocycles. The number of carbonyl (C=O) groups excluding carboxylic acids is 3. The zero-order valence-corrected chi connectivity index (χ0v) is 15.9. The van der Waals surface area contributed by atoms with Crippen LogP contribution >= 0.6 is 11.8 Å². The standard InChI is InChI=1S/C20H20N2O5S/c1-13(19(25)26)21-18(24)16(22-17(23)14-8-4-2-5-9-14)12-28-20(27)15-10-6-3-7-11-15/h2-11,13,16H,12H2,1H3,(H,21,24)(H,22,23)(H,25,26)/t13-,16?/m1/s1. The molecule has 3 N–H and O–H groups in total. The van der Waals surface area contributed by atoms with Gasteiger partial charge in [-0.15, -0.1) is 0 Å². The number of nitrogens with one attached hydrogen (secondary N) is 2. The predicted molar refractivity (Wildman–Crippen MR) is 106 cm³/mol. The molecule has 0 radical (unpaired) electrons. The van der Waals surface area contributed by atoms with Crippen molar-refractivity contribution < 1.29 is 24.3 Å². The van der Waals surface area contributed by atoms with Gasteiger partial charge in [0, 0.05) is 16.9 Å². The van der Waals surface area contributed by atoms with E-state index in [1.165, 1.54) is 6.92 Å². The summed E-state index contributed by atoms with van der Waals surface area (Å²) in [6, 6.07) is 14.6. The van der Waals surface area contributed by atoms with Crippen molar-refractivity contribution in [3.63, 3.8) is 0 Å². The third-order valence-corrected chi connectivity index (χ3v) is 4.78. The van der Waals surface area contributed by atoms with Crippen LogP contribution in [-0.4, -0.2) is 45.8 Å². The van der Waals surface area contributed by atoms with Crippen LogP contribution in [0.5, 0.6) is 0 Å². The lowest BCUT2D eigenvalue weighted by molar-refractivity contribution is -0.141. The number of hydrogen-bond donors (Lipinski definition) is 3. The number of amides is 2. The number of thioether (sulfide) groups is 1. The molecule has 0 aliphatic rings. The first-order valence-electron chi connectivity index (χ1n) is 8.49. The average molecular weight is 400 g/mol. The summed E-state index contributed by atoms with van der Waals surface area (Å²) in [5.41, 5.74) is 0.825. The van der Waals surface area contributed by atoms with E-state index in [9.17, 15) is 19.2 Å². The van der Waals surface area contributed by atoms with Crippen molar-refractivity contribution >= 4 is 34.7 Å². The molecule has 0 fully saturated rings. The van der Waals surface area contributed by atoms with Crippen LogP contribution in [0.3, 0.4) is 0 Å². The fraction of sp³-hybridized carbons (Fsp3) is 0.200. The highest BCUT2D eigenvalue weighted by atomic mass is 32.2. The van der Waals surface area contributed by atoms with Crippen molar-refractivity contribution in [2.75, 3.05) is 5.75 Å². The van der Waals surface area contributed by atoms with Crippen molar-refractivity contribution in [2.45, 2.75) is 19.0 Å². The van der Waals surface area contributed by atoms with Crippen molar-refractivity contribution in [1.82, 2.24) is 10.6 Å². The van der Waals surface area contributed by atoms with Crippen molar-refractivity contribution in [1.29, 1.82) is 0 Å². The van der Waals surface area contributed by atoms with Crippen LogP contribution in [0, 0.1) is 0 Å². The Kier molecular flexibility index (Phi) is 7.76. The molecule has 0 heterocycles. The molecular formula is C20H20N2O5S. The van der Waals surface area contributed by atoms with Crippen LogP contribution in [0.15, 0.2) is 60.7 Å². The summed E-state index contributed by atoms with van der Waals surface area (Å²) in [5, 5.41) is 13.6. The largest absolute Gasteiger partial charge is 0.480 e. The van der Waals surface area contributed by atoms with Crippen LogP contribution in [0.1, 0.15) is 27.6 Å². The van der Waals surface area contributed by atoms with Gasteiger partial charge in [0.05, 0.1) is 0 Å². The molecule has 1 unspecified atom stereocenters. The highest BCUT2D eigenvalue weighted by molar-refractivity contribution is 8.14. The quantitative estimate of drug-likeness (QED) is 0.624. The number of hydrogen-bond acceptors (Lipinski definition) is 5. The summed E-state index contributed by atoms with van der Waals surface area (Å²) in [7, 11) is 0. The third-order valence-electron chi connectivity index (χ3n) is 3.78. The minimum absolute atomic E-state index is 0.0372. The second kappa shape index (κ2) is 10.3. The molecule has 0 aliphatic heterocycles. The summed E-state index contributed by atoms with van der Waals surface area (Å²) in [4.78, 5) is 48.1. The van der Waals surface area contributed by atoms with Crippen LogP contribution < -0.4 is 10.6 Å². The molecule has 0 bridgehead atoms. The molecule has 2 amide bonds. The number of aliphatic carboxylic acids is 1. The monoisotopic (exact) mass is 400 g/mol. The Balaban J connectivity index is 2.08. The van der Waals surface area contributed by atoms with Crippen molar-refractivity contribution in [3.05, 3.63) is 71.8 Å². The van der Waals surface area contributed by atoms with Crippen LogP contribution in [0.4, 0.5) is 0 Å². The van der Waals surface area contributed by atoms with Crippen molar-refractivity contribution in [3.8, 4) is 0 Å². The fourth-order valence-electron chi connectivity index (χ4n) is 2.21. The molecule has 2 rings (SSSR count). The number of benzene rings is 2.